The van der Waals surface area contributed by atoms with Crippen LogP contribution >= 0.6 is 7.82 Å². The summed E-state index contributed by atoms with van der Waals surface area (Å²) in [5.41, 5.74) is 5.87. The molecule has 0 bridgehead atoms. The Labute approximate surface area is 43.7 Å². The second kappa shape index (κ2) is 2.54. The fourth-order valence-corrected chi connectivity index (χ4v) is 0.197. The minimum atomic E-state index is -4.56. The molecule has 0 unspecified atom stereocenters. The van der Waals surface area contributed by atoms with Crippen LogP contribution in [0.15, 0.2) is 5.28 Å². The summed E-state index contributed by atoms with van der Waals surface area (Å²) in [5.74, 6) is 0. The number of phosphoric acid groups is 1. The van der Waals surface area contributed by atoms with E-state index < -0.39 is 7.82 Å². The first-order valence-electron chi connectivity index (χ1n) is 1.37. The fourth-order valence-electron chi connectivity index (χ4n) is 0.0658. The Kier molecular flexibility index (Phi) is 2.30. The van der Waals surface area contributed by atoms with E-state index in [0.29, 0.717) is 0 Å². The van der Waals surface area contributed by atoms with Crippen LogP contribution in [-0.2, 0) is 9.19 Å². The van der Waals surface area contributed by atoms with E-state index in [9.17, 15) is 4.57 Å². The van der Waals surface area contributed by atoms with Gasteiger partial charge in [-0.1, -0.05) is 0 Å². The van der Waals surface area contributed by atoms with Gasteiger partial charge in [-0.05, 0) is 0 Å². The van der Waals surface area contributed by atoms with E-state index in [1.54, 1.807) is 0 Å². The van der Waals surface area contributed by atoms with Crippen LogP contribution in [0.1, 0.15) is 0 Å². The molecule has 0 fully saturated rings. The van der Waals surface area contributed by atoms with Crippen molar-refractivity contribution >= 4 is 7.82 Å². The van der Waals surface area contributed by atoms with Crippen LogP contribution in [0.4, 0.5) is 0 Å². The molecule has 0 spiro atoms. The van der Waals surface area contributed by atoms with E-state index in [2.05, 4.69) is 14.8 Å². The van der Waals surface area contributed by atoms with Gasteiger partial charge in [0.05, 0.1) is 0 Å². The molecule has 8 heteroatoms. The Balaban J connectivity index is 3.74. The summed E-state index contributed by atoms with van der Waals surface area (Å²) >= 11 is 0. The summed E-state index contributed by atoms with van der Waals surface area (Å²) < 4.78 is 12.9. The number of rotatable bonds is 2. The third-order valence-corrected chi connectivity index (χ3v) is 0.469. The predicted octanol–water partition coefficient (Wildman–Crippen LogP) is -0.439. The molecule has 0 aliphatic carbocycles. The normalized spacial score (nSPS) is 9.75. The molecule has 46 valence electrons. The van der Waals surface area contributed by atoms with Crippen molar-refractivity contribution in [2.45, 2.75) is 0 Å². The van der Waals surface area contributed by atoms with Crippen LogP contribution in [-0.4, -0.2) is 9.79 Å². The van der Waals surface area contributed by atoms with E-state index in [-0.39, 0.29) is 0 Å². The van der Waals surface area contributed by atoms with Gasteiger partial charge in [0.1, 0.15) is 5.53 Å². The zero-order chi connectivity index (χ0) is 6.62. The number of nitrogens with one attached hydrogen (secondary N) is 1. The van der Waals surface area contributed by atoms with E-state index in [1.165, 1.54) is 0 Å². The third kappa shape index (κ3) is 5.26. The summed E-state index contributed by atoms with van der Waals surface area (Å²) in [4.78, 5) is 17.8. The standard InChI is InChI=1S/H2N3O4P/c1-2-3-7-8(4,5)6/h1H,(H-,4,5,6)/p+1. The maximum absolute atomic E-state index is 9.63. The smallest absolute Gasteiger partial charge is 0.292 e. The SMILES string of the molecule is N=[N+]=NOP(=O)(O)O. The number of hydrogen-bond donors (Lipinski definition) is 3. The topological polar surface area (TPSA) is 117 Å². The summed E-state index contributed by atoms with van der Waals surface area (Å²) in [6.07, 6.45) is 0. The molecule has 0 radical (unpaired) electrons. The molecule has 0 aromatic heterocycles. The first kappa shape index (κ1) is 7.26. The summed E-state index contributed by atoms with van der Waals surface area (Å²) in [7, 11) is -4.56. The molecule has 0 aromatic carbocycles. The fraction of sp³-hybridized carbons (Fsp3) is 0. The predicted molar refractivity (Wildman–Crippen MR) is 20.4 cm³/mol. The highest BCUT2D eigenvalue weighted by molar-refractivity contribution is 7.46. The number of nitrogens with zero attached hydrogens (tertiary/aromatic N) is 2. The van der Waals surface area contributed by atoms with Crippen molar-refractivity contribution in [3.63, 3.8) is 0 Å². The monoisotopic (exact) mass is 140 g/mol. The maximum atomic E-state index is 9.63. The van der Waals surface area contributed by atoms with Gasteiger partial charge in [0.25, 0.3) is 4.91 Å². The average Bonchev–Trinajstić information content (AvgIpc) is 1.59. The van der Waals surface area contributed by atoms with E-state index >= 15 is 0 Å². The number of hydrogen-bond acceptors (Lipinski definition) is 4. The lowest BCUT2D eigenvalue weighted by molar-refractivity contribution is 0.187. The van der Waals surface area contributed by atoms with Gasteiger partial charge in [-0.3, -0.25) is 9.79 Å². The molecule has 0 rings (SSSR count). The minimum absolute atomic E-state index is 2.18. The Morgan fingerprint density at radius 2 is 2.25 bits per heavy atom. The van der Waals surface area contributed by atoms with Crippen LogP contribution < -0.4 is 4.91 Å². The maximum Gasteiger partial charge on any atom is 0.550 e. The average molecular weight is 140 g/mol. The largest absolute Gasteiger partial charge is 0.550 e. The van der Waals surface area contributed by atoms with Crippen LogP contribution in [0, 0.1) is 5.53 Å². The first-order chi connectivity index (χ1) is 3.56. The Bertz CT molecular complexity index is 151. The first-order valence-corrected chi connectivity index (χ1v) is 2.90. The minimum Gasteiger partial charge on any atom is -0.292 e. The van der Waals surface area contributed by atoms with Gasteiger partial charge in [0.15, 0.2) is 0 Å². The highest BCUT2D eigenvalue weighted by Gasteiger charge is 2.16. The Morgan fingerprint density at radius 3 is 2.38 bits per heavy atom. The lowest BCUT2D eigenvalue weighted by Crippen LogP contribution is -1.77. The molecule has 0 aliphatic heterocycles. The van der Waals surface area contributed by atoms with Gasteiger partial charge < -0.3 is 0 Å². The van der Waals surface area contributed by atoms with Crippen LogP contribution in [0.5, 0.6) is 0 Å². The molecule has 0 amide bonds. The van der Waals surface area contributed by atoms with Crippen LogP contribution in [0.3, 0.4) is 0 Å². The molecule has 0 saturated heterocycles. The zero-order valence-electron chi connectivity index (χ0n) is 3.55. The molecule has 0 saturated carbocycles. The van der Waals surface area contributed by atoms with Crippen molar-refractivity contribution < 1.29 is 19.0 Å². The van der Waals surface area contributed by atoms with Crippen molar-refractivity contribution in [3.8, 4) is 0 Å². The van der Waals surface area contributed by atoms with Crippen LogP contribution in [0.25, 0.3) is 0 Å². The summed E-state index contributed by atoms with van der Waals surface area (Å²) in [6, 6.07) is 0. The zero-order valence-corrected chi connectivity index (χ0v) is 4.45. The van der Waals surface area contributed by atoms with Crippen molar-refractivity contribution in [2.75, 3.05) is 0 Å². The highest BCUT2D eigenvalue weighted by Crippen LogP contribution is 2.35. The van der Waals surface area contributed by atoms with Crippen molar-refractivity contribution in [1.29, 1.82) is 5.53 Å². The lowest BCUT2D eigenvalue weighted by atomic mass is 12.9. The van der Waals surface area contributed by atoms with Crippen molar-refractivity contribution in [2.24, 2.45) is 5.28 Å². The van der Waals surface area contributed by atoms with Crippen LogP contribution in [0.2, 0.25) is 0 Å². The van der Waals surface area contributed by atoms with Gasteiger partial charge >= 0.3 is 13.1 Å². The van der Waals surface area contributed by atoms with E-state index in [4.69, 9.17) is 15.3 Å². The molecule has 0 aromatic rings. The van der Waals surface area contributed by atoms with Crippen molar-refractivity contribution in [3.05, 3.63) is 0 Å². The molecule has 0 heterocycles. The van der Waals surface area contributed by atoms with Gasteiger partial charge in [-0.25, -0.2) is 9.19 Å². The molecule has 0 aliphatic rings. The molecule has 8 heavy (non-hydrogen) atoms. The van der Waals surface area contributed by atoms with E-state index in [0.717, 1.165) is 0 Å². The van der Waals surface area contributed by atoms with Crippen molar-refractivity contribution in [1.82, 2.24) is 4.91 Å². The molecule has 7 nitrogen and oxygen atoms in total. The van der Waals surface area contributed by atoms with Gasteiger partial charge in [0, 0.05) is 0 Å². The van der Waals surface area contributed by atoms with Gasteiger partial charge in [0.2, 0.25) is 0 Å². The second-order valence-electron chi connectivity index (χ2n) is 0.754. The van der Waals surface area contributed by atoms with Gasteiger partial charge in [-0.15, -0.1) is 0 Å². The van der Waals surface area contributed by atoms with Gasteiger partial charge in [-0.2, -0.15) is 0 Å². The summed E-state index contributed by atoms with van der Waals surface area (Å²) in [6.45, 7) is 0. The highest BCUT2D eigenvalue weighted by atomic mass is 31.2. The quantitative estimate of drug-likeness (QED) is 0.208. The molecular formula is H3N3O4P+. The molecular weight excluding hydrogens is 137 g/mol. The Morgan fingerprint density at radius 1 is 1.75 bits per heavy atom. The summed E-state index contributed by atoms with van der Waals surface area (Å²) in [5, 5.41) is 2.27. The molecule has 0 atom stereocenters. The third-order valence-electron chi connectivity index (χ3n) is 0.184. The van der Waals surface area contributed by atoms with E-state index in [1.807, 2.05) is 0 Å². The molecule has 3 N–H and O–H groups in total. The lowest BCUT2D eigenvalue weighted by Gasteiger charge is -1.88. The second-order valence-corrected chi connectivity index (χ2v) is 1.90. The Hall–Kier alpha value is -0.740.